The lowest BCUT2D eigenvalue weighted by molar-refractivity contribution is -0.123. The number of fused-ring (bicyclic) bond motifs is 2. The maximum Gasteiger partial charge on any atom is 0.268 e. The van der Waals surface area contributed by atoms with Crippen LogP contribution < -0.4 is 4.90 Å². The summed E-state index contributed by atoms with van der Waals surface area (Å²) in [5.41, 5.74) is 3.68. The van der Waals surface area contributed by atoms with Crippen LogP contribution in [0.3, 0.4) is 0 Å². The summed E-state index contributed by atoms with van der Waals surface area (Å²) < 4.78 is 0. The number of rotatable bonds is 3. The Balaban J connectivity index is 1.57. The molecule has 0 radical (unpaired) electrons. The SMILES string of the molecule is N#Cc1cccc(CN2C(=O)[C@@]3(SCCN3C(=O)c3ccccc3)c3ccccc32)c1. The molecule has 31 heavy (non-hydrogen) atoms. The lowest BCUT2D eigenvalue weighted by atomic mass is 10.0. The van der Waals surface area contributed by atoms with Crippen molar-refractivity contribution in [1.82, 2.24) is 4.90 Å². The van der Waals surface area contributed by atoms with Crippen LogP contribution in [-0.2, 0) is 16.2 Å². The van der Waals surface area contributed by atoms with Crippen molar-refractivity contribution in [2.45, 2.75) is 11.4 Å². The van der Waals surface area contributed by atoms with Crippen molar-refractivity contribution in [3.05, 3.63) is 101 Å². The molecule has 6 heteroatoms. The molecule has 1 fully saturated rings. The Hall–Kier alpha value is -3.56. The van der Waals surface area contributed by atoms with E-state index < -0.39 is 4.87 Å². The number of hydrogen-bond acceptors (Lipinski definition) is 4. The smallest absolute Gasteiger partial charge is 0.268 e. The van der Waals surface area contributed by atoms with Gasteiger partial charge in [-0.1, -0.05) is 48.5 Å². The van der Waals surface area contributed by atoms with E-state index in [0.717, 1.165) is 16.8 Å². The second-order valence-corrected chi connectivity index (χ2v) is 8.82. The summed E-state index contributed by atoms with van der Waals surface area (Å²) >= 11 is 1.52. The number of benzene rings is 3. The van der Waals surface area contributed by atoms with E-state index in [1.807, 2.05) is 54.6 Å². The monoisotopic (exact) mass is 425 g/mol. The van der Waals surface area contributed by atoms with Crippen LogP contribution in [0.15, 0.2) is 78.9 Å². The Bertz CT molecular complexity index is 1220. The molecule has 3 aromatic rings. The van der Waals surface area contributed by atoms with Crippen LogP contribution in [-0.4, -0.2) is 29.0 Å². The van der Waals surface area contributed by atoms with Crippen LogP contribution in [0.5, 0.6) is 0 Å². The topological polar surface area (TPSA) is 64.4 Å². The third kappa shape index (κ3) is 3.01. The van der Waals surface area contributed by atoms with Gasteiger partial charge >= 0.3 is 0 Å². The van der Waals surface area contributed by atoms with Crippen LogP contribution in [0.2, 0.25) is 0 Å². The molecule has 0 N–H and O–H groups in total. The highest BCUT2D eigenvalue weighted by Gasteiger charge is 2.59. The minimum Gasteiger partial charge on any atom is -0.311 e. The largest absolute Gasteiger partial charge is 0.311 e. The highest BCUT2D eigenvalue weighted by atomic mass is 32.2. The molecule has 0 aromatic heterocycles. The number of anilines is 1. The number of carbonyl (C=O) groups excluding carboxylic acids is 2. The third-order valence-corrected chi connectivity index (χ3v) is 7.18. The number of nitrogens with zero attached hydrogens (tertiary/aromatic N) is 3. The van der Waals surface area contributed by atoms with Gasteiger partial charge in [0.05, 0.1) is 23.9 Å². The molecule has 1 saturated heterocycles. The van der Waals surface area contributed by atoms with Crippen LogP contribution in [0.4, 0.5) is 5.69 Å². The molecule has 1 atom stereocenters. The first-order valence-corrected chi connectivity index (χ1v) is 11.1. The molecular formula is C25H19N3O2S. The molecule has 2 aliphatic heterocycles. The van der Waals surface area contributed by atoms with Crippen molar-refractivity contribution in [2.24, 2.45) is 0 Å². The first-order valence-electron chi connectivity index (χ1n) is 10.1. The van der Waals surface area contributed by atoms with Gasteiger partial charge < -0.3 is 9.80 Å². The Morgan fingerprint density at radius 1 is 1.03 bits per heavy atom. The van der Waals surface area contributed by atoms with Gasteiger partial charge in [0.15, 0.2) is 4.87 Å². The molecule has 0 saturated carbocycles. The van der Waals surface area contributed by atoms with Gasteiger partial charge in [-0.05, 0) is 35.9 Å². The zero-order chi connectivity index (χ0) is 21.4. The molecule has 152 valence electrons. The Morgan fingerprint density at radius 3 is 2.61 bits per heavy atom. The number of hydrogen-bond donors (Lipinski definition) is 0. The fraction of sp³-hybridized carbons (Fsp3) is 0.160. The quantitative estimate of drug-likeness (QED) is 0.633. The zero-order valence-corrected chi connectivity index (χ0v) is 17.5. The maximum atomic E-state index is 13.9. The summed E-state index contributed by atoms with van der Waals surface area (Å²) in [4.78, 5) is 29.8. The van der Waals surface area contributed by atoms with Gasteiger partial charge in [-0.2, -0.15) is 5.26 Å². The molecule has 0 bridgehead atoms. The third-order valence-electron chi connectivity index (χ3n) is 5.76. The van der Waals surface area contributed by atoms with E-state index in [9.17, 15) is 14.9 Å². The molecule has 2 amide bonds. The highest BCUT2D eigenvalue weighted by Crippen LogP contribution is 2.54. The second kappa shape index (κ2) is 7.60. The predicted molar refractivity (Wildman–Crippen MR) is 120 cm³/mol. The normalized spacial score (nSPS) is 19.5. The fourth-order valence-electron chi connectivity index (χ4n) is 4.38. The Morgan fingerprint density at radius 2 is 1.81 bits per heavy atom. The minimum atomic E-state index is -1.06. The van der Waals surface area contributed by atoms with Crippen LogP contribution >= 0.6 is 11.8 Å². The van der Waals surface area contributed by atoms with E-state index in [0.29, 0.717) is 30.0 Å². The summed E-state index contributed by atoms with van der Waals surface area (Å²) in [6.45, 7) is 0.858. The van der Waals surface area contributed by atoms with E-state index in [-0.39, 0.29) is 11.8 Å². The van der Waals surface area contributed by atoms with Gasteiger partial charge in [0.2, 0.25) is 0 Å². The predicted octanol–water partition coefficient (Wildman–Crippen LogP) is 4.15. The summed E-state index contributed by atoms with van der Waals surface area (Å²) in [6, 6.07) is 26.3. The standard InChI is InChI=1S/C25H19N3O2S/c26-16-18-7-6-8-19(15-18)17-27-22-12-5-4-11-21(22)25(24(27)30)28(13-14-31-25)23(29)20-9-2-1-3-10-20/h1-12,15H,13-14,17H2/t25-/m0/s1. The van der Waals surface area contributed by atoms with Gasteiger partial charge in [0, 0.05) is 23.4 Å². The highest BCUT2D eigenvalue weighted by molar-refractivity contribution is 8.01. The van der Waals surface area contributed by atoms with Crippen molar-refractivity contribution in [1.29, 1.82) is 5.26 Å². The molecular weight excluding hydrogens is 406 g/mol. The lowest BCUT2D eigenvalue weighted by Crippen LogP contribution is -2.50. The number of para-hydroxylation sites is 1. The molecule has 3 aromatic carbocycles. The van der Waals surface area contributed by atoms with Gasteiger partial charge in [0.25, 0.3) is 11.8 Å². The minimum absolute atomic E-state index is 0.108. The molecule has 2 heterocycles. The number of amides is 2. The first-order chi connectivity index (χ1) is 15.1. The van der Waals surface area contributed by atoms with Crippen molar-refractivity contribution >= 4 is 29.3 Å². The number of thioether (sulfide) groups is 1. The van der Waals surface area contributed by atoms with Gasteiger partial charge in [-0.3, -0.25) is 9.59 Å². The lowest BCUT2D eigenvalue weighted by Gasteiger charge is -2.33. The molecule has 5 rings (SSSR count). The van der Waals surface area contributed by atoms with Crippen LogP contribution in [0, 0.1) is 11.3 Å². The van der Waals surface area contributed by atoms with Crippen molar-refractivity contribution in [3.8, 4) is 6.07 Å². The van der Waals surface area contributed by atoms with E-state index in [1.54, 1.807) is 34.1 Å². The van der Waals surface area contributed by atoms with E-state index in [1.165, 1.54) is 11.8 Å². The van der Waals surface area contributed by atoms with Crippen LogP contribution in [0.25, 0.3) is 0 Å². The van der Waals surface area contributed by atoms with E-state index >= 15 is 0 Å². The average molecular weight is 426 g/mol. The molecule has 0 aliphatic carbocycles. The Kier molecular flexibility index (Phi) is 4.76. The summed E-state index contributed by atoms with van der Waals surface area (Å²) in [5, 5.41) is 9.23. The van der Waals surface area contributed by atoms with E-state index in [2.05, 4.69) is 6.07 Å². The molecule has 2 aliphatic rings. The van der Waals surface area contributed by atoms with Gasteiger partial charge in [0.1, 0.15) is 0 Å². The van der Waals surface area contributed by atoms with Crippen LogP contribution in [0.1, 0.15) is 27.0 Å². The first kappa shape index (κ1) is 19.4. The second-order valence-electron chi connectivity index (χ2n) is 7.54. The van der Waals surface area contributed by atoms with Gasteiger partial charge in [-0.25, -0.2) is 0 Å². The van der Waals surface area contributed by atoms with Crippen molar-refractivity contribution in [3.63, 3.8) is 0 Å². The zero-order valence-electron chi connectivity index (χ0n) is 16.7. The fourth-order valence-corrected chi connectivity index (χ4v) is 5.84. The van der Waals surface area contributed by atoms with Crippen molar-refractivity contribution in [2.75, 3.05) is 17.2 Å². The molecule has 0 unspecified atom stereocenters. The van der Waals surface area contributed by atoms with Crippen molar-refractivity contribution < 1.29 is 9.59 Å². The summed E-state index contributed by atoms with van der Waals surface area (Å²) in [6.07, 6.45) is 0. The average Bonchev–Trinajstić information content (AvgIpc) is 3.36. The number of nitriles is 1. The summed E-state index contributed by atoms with van der Waals surface area (Å²) in [7, 11) is 0. The summed E-state index contributed by atoms with van der Waals surface area (Å²) in [5.74, 6) is 0.445. The Labute approximate surface area is 184 Å². The van der Waals surface area contributed by atoms with E-state index in [4.69, 9.17) is 0 Å². The number of carbonyl (C=O) groups is 2. The maximum absolute atomic E-state index is 13.9. The molecule has 5 nitrogen and oxygen atoms in total. The molecule has 1 spiro atoms. The van der Waals surface area contributed by atoms with Gasteiger partial charge in [-0.15, -0.1) is 11.8 Å².